The summed E-state index contributed by atoms with van der Waals surface area (Å²) in [6.45, 7) is -0.222. The Balaban J connectivity index is 2.00. The molecule has 2 aromatic rings. The minimum absolute atomic E-state index is 0.166. The maximum absolute atomic E-state index is 11.9. The fraction of sp³-hybridized carbons (Fsp3) is 0.125. The van der Waals surface area contributed by atoms with Crippen LogP contribution in [0.4, 0.5) is 5.69 Å². The summed E-state index contributed by atoms with van der Waals surface area (Å²) < 4.78 is 9.95. The first-order valence-electron chi connectivity index (χ1n) is 6.56. The maximum Gasteiger partial charge on any atom is 0.339 e. The second-order valence-corrected chi connectivity index (χ2v) is 5.27. The molecule has 0 fully saturated rings. The van der Waals surface area contributed by atoms with E-state index in [2.05, 4.69) is 10.1 Å². The van der Waals surface area contributed by atoms with Gasteiger partial charge >= 0.3 is 5.97 Å². The average molecular weight is 354 g/mol. The number of esters is 1. The van der Waals surface area contributed by atoms with Crippen molar-refractivity contribution in [2.45, 2.75) is 0 Å². The number of methoxy groups -OCH3 is 1. The van der Waals surface area contributed by atoms with Crippen molar-refractivity contribution >= 4 is 40.8 Å². The first kappa shape index (κ1) is 17.1. The molecule has 1 amide bonds. The maximum atomic E-state index is 11.9. The zero-order chi connectivity index (χ0) is 16.8. The zero-order valence-electron chi connectivity index (χ0n) is 12.1. The quantitative estimate of drug-likeness (QED) is 0.830. The van der Waals surface area contributed by atoms with E-state index in [1.54, 1.807) is 30.3 Å². The lowest BCUT2D eigenvalue weighted by Crippen LogP contribution is -2.20. The molecule has 0 aliphatic carbocycles. The first-order valence-corrected chi connectivity index (χ1v) is 7.32. The minimum atomic E-state index is -0.585. The van der Waals surface area contributed by atoms with Crippen LogP contribution in [0.3, 0.4) is 0 Å². The average Bonchev–Trinajstić information content (AvgIpc) is 2.55. The van der Waals surface area contributed by atoms with Crippen LogP contribution < -0.4 is 10.1 Å². The summed E-state index contributed by atoms with van der Waals surface area (Å²) in [6, 6.07) is 11.3. The third-order valence-electron chi connectivity index (χ3n) is 2.85. The van der Waals surface area contributed by atoms with Crippen molar-refractivity contribution in [2.24, 2.45) is 0 Å². The van der Waals surface area contributed by atoms with Gasteiger partial charge in [-0.25, -0.2) is 4.79 Å². The van der Waals surface area contributed by atoms with Gasteiger partial charge in [0.2, 0.25) is 0 Å². The third kappa shape index (κ3) is 4.61. The van der Waals surface area contributed by atoms with Gasteiger partial charge in [0.1, 0.15) is 5.75 Å². The number of anilines is 1. The SMILES string of the molecule is COC(=O)c1cc(NC(=O)COc2ccccc2Cl)ccc1Cl. The summed E-state index contributed by atoms with van der Waals surface area (Å²) in [6.07, 6.45) is 0. The van der Waals surface area contributed by atoms with Gasteiger partial charge in [-0.15, -0.1) is 0 Å². The number of nitrogens with one attached hydrogen (secondary N) is 1. The van der Waals surface area contributed by atoms with Gasteiger partial charge in [-0.2, -0.15) is 0 Å². The molecule has 0 spiro atoms. The number of halogens is 2. The number of hydrogen-bond donors (Lipinski definition) is 1. The molecule has 0 aliphatic rings. The van der Waals surface area contributed by atoms with Crippen LogP contribution in [0, 0.1) is 0 Å². The van der Waals surface area contributed by atoms with E-state index >= 15 is 0 Å². The lowest BCUT2D eigenvalue weighted by Gasteiger charge is -2.10. The van der Waals surface area contributed by atoms with Crippen LogP contribution in [0.25, 0.3) is 0 Å². The lowest BCUT2D eigenvalue weighted by atomic mass is 10.2. The van der Waals surface area contributed by atoms with E-state index in [1.807, 2.05) is 0 Å². The van der Waals surface area contributed by atoms with Gasteiger partial charge in [0.05, 0.1) is 22.7 Å². The summed E-state index contributed by atoms with van der Waals surface area (Å²) in [5.41, 5.74) is 0.571. The number of benzene rings is 2. The van der Waals surface area contributed by atoms with E-state index in [4.69, 9.17) is 27.9 Å². The van der Waals surface area contributed by atoms with Crippen molar-refractivity contribution in [2.75, 3.05) is 19.0 Å². The molecular weight excluding hydrogens is 341 g/mol. The molecule has 0 heterocycles. The normalized spacial score (nSPS) is 10.0. The summed E-state index contributed by atoms with van der Waals surface area (Å²) >= 11 is 11.8. The molecule has 2 aromatic carbocycles. The Morgan fingerprint density at radius 1 is 1.09 bits per heavy atom. The van der Waals surface area contributed by atoms with E-state index in [1.165, 1.54) is 19.2 Å². The number of carbonyl (C=O) groups excluding carboxylic acids is 2. The molecule has 0 atom stereocenters. The fourth-order valence-corrected chi connectivity index (χ4v) is 2.16. The van der Waals surface area contributed by atoms with Crippen LogP contribution in [0.2, 0.25) is 10.0 Å². The smallest absolute Gasteiger partial charge is 0.339 e. The highest BCUT2D eigenvalue weighted by Gasteiger charge is 2.13. The molecule has 5 nitrogen and oxygen atoms in total. The molecule has 1 N–H and O–H groups in total. The van der Waals surface area contributed by atoms with E-state index in [0.717, 1.165) is 0 Å². The Kier molecular flexibility index (Phi) is 5.84. The predicted octanol–water partition coefficient (Wildman–Crippen LogP) is 3.80. The van der Waals surface area contributed by atoms with Crippen LogP contribution in [-0.2, 0) is 9.53 Å². The molecular formula is C16H13Cl2NO4. The van der Waals surface area contributed by atoms with Crippen molar-refractivity contribution in [3.8, 4) is 5.75 Å². The van der Waals surface area contributed by atoms with Crippen molar-refractivity contribution in [1.29, 1.82) is 0 Å². The van der Waals surface area contributed by atoms with Gasteiger partial charge in [0, 0.05) is 5.69 Å². The molecule has 0 aromatic heterocycles. The molecule has 0 saturated carbocycles. The standard InChI is InChI=1S/C16H13Cl2NO4/c1-22-16(21)11-8-10(6-7-12(11)17)19-15(20)9-23-14-5-3-2-4-13(14)18/h2-8H,9H2,1H3,(H,19,20). The number of para-hydroxylation sites is 1. The van der Waals surface area contributed by atoms with Gasteiger partial charge in [0.15, 0.2) is 6.61 Å². The number of hydrogen-bond acceptors (Lipinski definition) is 4. The topological polar surface area (TPSA) is 64.6 Å². The van der Waals surface area contributed by atoms with E-state index in [9.17, 15) is 9.59 Å². The Morgan fingerprint density at radius 2 is 1.83 bits per heavy atom. The van der Waals surface area contributed by atoms with E-state index < -0.39 is 11.9 Å². The molecule has 0 unspecified atom stereocenters. The van der Waals surface area contributed by atoms with Crippen molar-refractivity contribution in [3.63, 3.8) is 0 Å². The Hall–Kier alpha value is -2.24. The molecule has 0 radical (unpaired) electrons. The highest BCUT2D eigenvalue weighted by molar-refractivity contribution is 6.33. The highest BCUT2D eigenvalue weighted by Crippen LogP contribution is 2.23. The van der Waals surface area contributed by atoms with Crippen LogP contribution in [-0.4, -0.2) is 25.6 Å². The number of amides is 1. The Labute approximate surface area is 143 Å². The van der Waals surface area contributed by atoms with Crippen LogP contribution in [0.1, 0.15) is 10.4 Å². The van der Waals surface area contributed by atoms with Gasteiger partial charge < -0.3 is 14.8 Å². The number of carbonyl (C=O) groups is 2. The third-order valence-corrected chi connectivity index (χ3v) is 3.49. The van der Waals surface area contributed by atoms with Gasteiger partial charge in [-0.3, -0.25) is 4.79 Å². The zero-order valence-corrected chi connectivity index (χ0v) is 13.6. The molecule has 7 heteroatoms. The fourth-order valence-electron chi connectivity index (χ4n) is 1.77. The molecule has 0 aliphatic heterocycles. The van der Waals surface area contributed by atoms with Gasteiger partial charge in [-0.1, -0.05) is 35.3 Å². The van der Waals surface area contributed by atoms with E-state index in [0.29, 0.717) is 16.5 Å². The van der Waals surface area contributed by atoms with Crippen LogP contribution in [0.15, 0.2) is 42.5 Å². The number of ether oxygens (including phenoxy) is 2. The molecule has 23 heavy (non-hydrogen) atoms. The minimum Gasteiger partial charge on any atom is -0.482 e. The highest BCUT2D eigenvalue weighted by atomic mass is 35.5. The second kappa shape index (κ2) is 7.85. The van der Waals surface area contributed by atoms with Crippen molar-refractivity contribution < 1.29 is 19.1 Å². The number of rotatable bonds is 5. The van der Waals surface area contributed by atoms with Crippen molar-refractivity contribution in [3.05, 3.63) is 58.1 Å². The monoisotopic (exact) mass is 353 g/mol. The largest absolute Gasteiger partial charge is 0.482 e. The second-order valence-electron chi connectivity index (χ2n) is 4.45. The summed E-state index contributed by atoms with van der Waals surface area (Å²) in [4.78, 5) is 23.5. The Bertz CT molecular complexity index is 734. The molecule has 0 saturated heterocycles. The van der Waals surface area contributed by atoms with Gasteiger partial charge in [-0.05, 0) is 30.3 Å². The molecule has 120 valence electrons. The van der Waals surface area contributed by atoms with Crippen LogP contribution >= 0.6 is 23.2 Å². The van der Waals surface area contributed by atoms with Crippen LogP contribution in [0.5, 0.6) is 5.75 Å². The van der Waals surface area contributed by atoms with E-state index in [-0.39, 0.29) is 17.2 Å². The predicted molar refractivity (Wildman–Crippen MR) is 88.4 cm³/mol. The Morgan fingerprint density at radius 3 is 2.52 bits per heavy atom. The van der Waals surface area contributed by atoms with Gasteiger partial charge in [0.25, 0.3) is 5.91 Å². The lowest BCUT2D eigenvalue weighted by molar-refractivity contribution is -0.118. The first-order chi connectivity index (χ1) is 11.0. The van der Waals surface area contributed by atoms with Crippen molar-refractivity contribution in [1.82, 2.24) is 0 Å². The molecule has 2 rings (SSSR count). The summed E-state index contributed by atoms with van der Waals surface area (Å²) in [5, 5.41) is 3.26. The summed E-state index contributed by atoms with van der Waals surface area (Å²) in [7, 11) is 1.25. The summed E-state index contributed by atoms with van der Waals surface area (Å²) in [5.74, 6) is -0.572. The molecule has 0 bridgehead atoms.